The fraction of sp³-hybridized carbons (Fsp3) is 0.800. The second-order valence-corrected chi connectivity index (χ2v) is 4.50. The van der Waals surface area contributed by atoms with E-state index in [9.17, 15) is 4.79 Å². The standard InChI is InChI=1S/C15H28O2/c1-3-4-5-6-7-8-9-10-11-12-13-14-15(16)17-2/h6-7H,3-5,8-14H2,1-2H3. The lowest BCUT2D eigenvalue weighted by Gasteiger charge is -2.00. The van der Waals surface area contributed by atoms with Gasteiger partial charge in [-0.1, -0.05) is 51.2 Å². The smallest absolute Gasteiger partial charge is 0.305 e. The zero-order valence-electron chi connectivity index (χ0n) is 11.5. The van der Waals surface area contributed by atoms with Crippen LogP contribution in [0.2, 0.25) is 0 Å². The Labute approximate surface area is 106 Å². The van der Waals surface area contributed by atoms with E-state index in [-0.39, 0.29) is 5.97 Å². The van der Waals surface area contributed by atoms with E-state index in [0.29, 0.717) is 6.42 Å². The Bertz CT molecular complexity index is 197. The summed E-state index contributed by atoms with van der Waals surface area (Å²) in [6.07, 6.45) is 16.1. The summed E-state index contributed by atoms with van der Waals surface area (Å²) in [5, 5.41) is 0. The van der Waals surface area contributed by atoms with Crippen LogP contribution < -0.4 is 0 Å². The van der Waals surface area contributed by atoms with Gasteiger partial charge in [0.2, 0.25) is 0 Å². The number of hydrogen-bond donors (Lipinski definition) is 0. The van der Waals surface area contributed by atoms with Crippen molar-refractivity contribution >= 4 is 5.97 Å². The van der Waals surface area contributed by atoms with Gasteiger partial charge >= 0.3 is 5.97 Å². The molecule has 0 aliphatic rings. The number of esters is 1. The molecule has 0 radical (unpaired) electrons. The van der Waals surface area contributed by atoms with Crippen molar-refractivity contribution in [2.45, 2.75) is 71.1 Å². The fourth-order valence-corrected chi connectivity index (χ4v) is 1.72. The molecule has 0 aliphatic carbocycles. The highest BCUT2D eigenvalue weighted by atomic mass is 16.5. The lowest BCUT2D eigenvalue weighted by Crippen LogP contribution is -1.98. The summed E-state index contributed by atoms with van der Waals surface area (Å²) in [4.78, 5) is 10.8. The third kappa shape index (κ3) is 13.1. The molecule has 2 heteroatoms. The molecule has 0 spiro atoms. The SMILES string of the molecule is CCCCC=CCCCCCCCC(=O)OC. The average molecular weight is 240 g/mol. The Balaban J connectivity index is 3.08. The molecule has 0 bridgehead atoms. The third-order valence-electron chi connectivity index (χ3n) is 2.87. The number of unbranched alkanes of at least 4 members (excludes halogenated alkanes) is 7. The topological polar surface area (TPSA) is 26.3 Å². The second-order valence-electron chi connectivity index (χ2n) is 4.50. The number of methoxy groups -OCH3 is 1. The van der Waals surface area contributed by atoms with Gasteiger partial charge in [-0.15, -0.1) is 0 Å². The van der Waals surface area contributed by atoms with Crippen LogP contribution in [0.3, 0.4) is 0 Å². The van der Waals surface area contributed by atoms with Gasteiger partial charge in [0.15, 0.2) is 0 Å². The van der Waals surface area contributed by atoms with Crippen LogP contribution in [0.25, 0.3) is 0 Å². The Morgan fingerprint density at radius 2 is 1.53 bits per heavy atom. The van der Waals surface area contributed by atoms with E-state index in [2.05, 4.69) is 23.8 Å². The van der Waals surface area contributed by atoms with Gasteiger partial charge in [0.05, 0.1) is 7.11 Å². The Kier molecular flexibility index (Phi) is 12.7. The summed E-state index contributed by atoms with van der Waals surface area (Å²) >= 11 is 0. The molecule has 0 aromatic heterocycles. The maximum Gasteiger partial charge on any atom is 0.305 e. The van der Waals surface area contributed by atoms with E-state index in [4.69, 9.17) is 0 Å². The van der Waals surface area contributed by atoms with Gasteiger partial charge in [-0.3, -0.25) is 4.79 Å². The van der Waals surface area contributed by atoms with Crippen molar-refractivity contribution in [1.82, 2.24) is 0 Å². The summed E-state index contributed by atoms with van der Waals surface area (Å²) in [5.74, 6) is -0.0798. The molecule has 0 amide bonds. The second kappa shape index (κ2) is 13.3. The van der Waals surface area contributed by atoms with E-state index >= 15 is 0 Å². The van der Waals surface area contributed by atoms with Crippen LogP contribution in [0.4, 0.5) is 0 Å². The minimum atomic E-state index is -0.0798. The molecule has 100 valence electrons. The predicted molar refractivity (Wildman–Crippen MR) is 73.0 cm³/mol. The van der Waals surface area contributed by atoms with Crippen molar-refractivity contribution in [3.8, 4) is 0 Å². The first-order valence-electron chi connectivity index (χ1n) is 7.03. The van der Waals surface area contributed by atoms with Crippen molar-refractivity contribution in [1.29, 1.82) is 0 Å². The van der Waals surface area contributed by atoms with Gasteiger partial charge in [-0.2, -0.15) is 0 Å². The van der Waals surface area contributed by atoms with Crippen molar-refractivity contribution in [3.63, 3.8) is 0 Å². The van der Waals surface area contributed by atoms with Gasteiger partial charge < -0.3 is 4.74 Å². The van der Waals surface area contributed by atoms with E-state index in [0.717, 1.165) is 12.8 Å². The lowest BCUT2D eigenvalue weighted by atomic mass is 10.1. The molecule has 0 aromatic rings. The molecule has 17 heavy (non-hydrogen) atoms. The molecular formula is C15H28O2. The number of ether oxygens (including phenoxy) is 1. The van der Waals surface area contributed by atoms with E-state index in [1.165, 1.54) is 52.1 Å². The first kappa shape index (κ1) is 16.2. The third-order valence-corrected chi connectivity index (χ3v) is 2.87. The van der Waals surface area contributed by atoms with Crippen molar-refractivity contribution < 1.29 is 9.53 Å². The molecule has 0 N–H and O–H groups in total. The van der Waals surface area contributed by atoms with Crippen LogP contribution in [0, 0.1) is 0 Å². The summed E-state index contributed by atoms with van der Waals surface area (Å²) in [6.45, 7) is 2.22. The number of carbonyl (C=O) groups excluding carboxylic acids is 1. The Morgan fingerprint density at radius 1 is 0.941 bits per heavy atom. The first-order valence-corrected chi connectivity index (χ1v) is 7.03. The maximum atomic E-state index is 10.8. The number of carbonyl (C=O) groups is 1. The van der Waals surface area contributed by atoms with Crippen molar-refractivity contribution in [2.75, 3.05) is 7.11 Å². The van der Waals surface area contributed by atoms with Crippen LogP contribution in [0.5, 0.6) is 0 Å². The Morgan fingerprint density at radius 3 is 2.18 bits per heavy atom. The molecule has 0 heterocycles. The van der Waals surface area contributed by atoms with Crippen molar-refractivity contribution in [3.05, 3.63) is 12.2 Å². The predicted octanol–water partition coefficient (Wildman–Crippen LogP) is 4.64. The average Bonchev–Trinajstić information content (AvgIpc) is 2.35. The maximum absolute atomic E-state index is 10.8. The largest absolute Gasteiger partial charge is 0.469 e. The zero-order valence-corrected chi connectivity index (χ0v) is 11.5. The highest BCUT2D eigenvalue weighted by Crippen LogP contribution is 2.08. The van der Waals surface area contributed by atoms with Crippen LogP contribution >= 0.6 is 0 Å². The highest BCUT2D eigenvalue weighted by molar-refractivity contribution is 5.68. The number of hydrogen-bond acceptors (Lipinski definition) is 2. The molecule has 0 atom stereocenters. The molecule has 0 saturated carbocycles. The zero-order chi connectivity index (χ0) is 12.8. The van der Waals surface area contributed by atoms with E-state index in [1.54, 1.807) is 0 Å². The van der Waals surface area contributed by atoms with Crippen LogP contribution in [-0.4, -0.2) is 13.1 Å². The molecule has 0 fully saturated rings. The molecule has 0 saturated heterocycles. The van der Waals surface area contributed by atoms with Gasteiger partial charge in [-0.05, 0) is 25.7 Å². The van der Waals surface area contributed by atoms with Gasteiger partial charge in [0, 0.05) is 6.42 Å². The summed E-state index contributed by atoms with van der Waals surface area (Å²) in [7, 11) is 1.45. The quantitative estimate of drug-likeness (QED) is 0.299. The van der Waals surface area contributed by atoms with Crippen LogP contribution in [-0.2, 0) is 9.53 Å². The monoisotopic (exact) mass is 240 g/mol. The molecule has 2 nitrogen and oxygen atoms in total. The summed E-state index contributed by atoms with van der Waals surface area (Å²) < 4.78 is 4.59. The molecular weight excluding hydrogens is 212 g/mol. The fourth-order valence-electron chi connectivity index (χ4n) is 1.72. The number of allylic oxidation sites excluding steroid dienone is 2. The lowest BCUT2D eigenvalue weighted by molar-refractivity contribution is -0.140. The highest BCUT2D eigenvalue weighted by Gasteiger charge is 1.98. The van der Waals surface area contributed by atoms with Crippen LogP contribution in [0.15, 0.2) is 12.2 Å². The number of rotatable bonds is 11. The van der Waals surface area contributed by atoms with Crippen molar-refractivity contribution in [2.24, 2.45) is 0 Å². The Hall–Kier alpha value is -0.790. The normalized spacial score (nSPS) is 10.9. The molecule has 0 aliphatic heterocycles. The van der Waals surface area contributed by atoms with Crippen LogP contribution in [0.1, 0.15) is 71.1 Å². The minimum absolute atomic E-state index is 0.0798. The van der Waals surface area contributed by atoms with Gasteiger partial charge in [-0.25, -0.2) is 0 Å². The molecule has 0 rings (SSSR count). The summed E-state index contributed by atoms with van der Waals surface area (Å²) in [5.41, 5.74) is 0. The minimum Gasteiger partial charge on any atom is -0.469 e. The van der Waals surface area contributed by atoms with Gasteiger partial charge in [0.1, 0.15) is 0 Å². The summed E-state index contributed by atoms with van der Waals surface area (Å²) in [6, 6.07) is 0. The van der Waals surface area contributed by atoms with Gasteiger partial charge in [0.25, 0.3) is 0 Å². The van der Waals surface area contributed by atoms with E-state index in [1.807, 2.05) is 0 Å². The first-order chi connectivity index (χ1) is 8.31. The van der Waals surface area contributed by atoms with E-state index < -0.39 is 0 Å². The molecule has 0 aromatic carbocycles. The molecule has 0 unspecified atom stereocenters.